The first-order chi connectivity index (χ1) is 20.6. The summed E-state index contributed by atoms with van der Waals surface area (Å²) in [4.78, 5) is 21.7. The van der Waals surface area contributed by atoms with Crippen LogP contribution >= 0.6 is 0 Å². The Kier molecular flexibility index (Phi) is 6.80. The van der Waals surface area contributed by atoms with Crippen LogP contribution in [-0.2, 0) is 26.0 Å². The van der Waals surface area contributed by atoms with Crippen LogP contribution in [-0.4, -0.2) is 36.4 Å². The number of rotatable bonds is 7. The van der Waals surface area contributed by atoms with Crippen molar-refractivity contribution in [3.05, 3.63) is 125 Å². The van der Waals surface area contributed by atoms with Crippen LogP contribution in [0.15, 0.2) is 91.0 Å². The summed E-state index contributed by atoms with van der Waals surface area (Å²) in [5, 5.41) is 1.03. The first-order valence-electron chi connectivity index (χ1n) is 14.2. The van der Waals surface area contributed by atoms with Gasteiger partial charge in [-0.2, -0.15) is 4.73 Å². The molecule has 2 aliphatic heterocycles. The average molecular weight is 561 g/mol. The molecule has 4 aromatic carbocycles. The van der Waals surface area contributed by atoms with E-state index in [1.165, 1.54) is 16.7 Å². The van der Waals surface area contributed by atoms with Gasteiger partial charge in [-0.1, -0.05) is 48.5 Å². The number of hydrogen-bond donors (Lipinski definition) is 0. The van der Waals surface area contributed by atoms with Gasteiger partial charge in [-0.15, -0.1) is 0 Å². The lowest BCUT2D eigenvalue weighted by Gasteiger charge is -2.41. The SMILES string of the molecule is COc1ccc2c(c1)c1c(n2OC(=O)c2ccccc2)CN2CCc3cc(OC)c(OCc4ccccc4)cc3C2C1. The Bertz CT molecular complexity index is 1760. The summed E-state index contributed by atoms with van der Waals surface area (Å²) in [6.07, 6.45) is 1.67. The van der Waals surface area contributed by atoms with E-state index >= 15 is 0 Å². The number of hydrogen-bond acceptors (Lipinski definition) is 6. The van der Waals surface area contributed by atoms with Crippen molar-refractivity contribution in [1.82, 2.24) is 9.63 Å². The molecule has 0 aliphatic carbocycles. The highest BCUT2D eigenvalue weighted by molar-refractivity contribution is 5.92. The fraction of sp³-hybridized carbons (Fsp3) is 0.229. The normalized spacial score (nSPS) is 15.8. The third kappa shape index (κ3) is 4.65. The summed E-state index contributed by atoms with van der Waals surface area (Å²) < 4.78 is 19.4. The van der Waals surface area contributed by atoms with Crippen molar-refractivity contribution >= 4 is 16.9 Å². The van der Waals surface area contributed by atoms with E-state index in [0.29, 0.717) is 18.7 Å². The molecule has 0 fully saturated rings. The highest BCUT2D eigenvalue weighted by atomic mass is 16.7. The molecule has 1 atom stereocenters. The summed E-state index contributed by atoms with van der Waals surface area (Å²) in [6, 6.07) is 29.6. The predicted molar refractivity (Wildman–Crippen MR) is 160 cm³/mol. The van der Waals surface area contributed by atoms with E-state index in [1.54, 1.807) is 31.1 Å². The van der Waals surface area contributed by atoms with Gasteiger partial charge in [0.25, 0.3) is 0 Å². The number of carbonyl (C=O) groups excluding carboxylic acids is 1. The fourth-order valence-corrected chi connectivity index (χ4v) is 6.27. The third-order valence-corrected chi connectivity index (χ3v) is 8.41. The summed E-state index contributed by atoms with van der Waals surface area (Å²) in [5.41, 5.74) is 7.16. The Morgan fingerprint density at radius 1 is 0.881 bits per heavy atom. The van der Waals surface area contributed by atoms with Crippen LogP contribution in [0.5, 0.6) is 17.2 Å². The number of benzene rings is 4. The zero-order valence-electron chi connectivity index (χ0n) is 23.7. The standard InChI is InChI=1S/C35H32N2O5/c1-39-26-13-14-30-28(18-26)29-19-31-27-20-34(41-22-23-9-5-3-6-10-23)33(40-2)17-25(27)15-16-36(31)21-32(29)37(30)42-35(38)24-11-7-4-8-12-24/h3-14,17-18,20,31H,15-16,19,21-22H2,1-2H3. The molecule has 5 aromatic rings. The monoisotopic (exact) mass is 560 g/mol. The van der Waals surface area contributed by atoms with Crippen molar-refractivity contribution in [2.75, 3.05) is 20.8 Å². The van der Waals surface area contributed by atoms with E-state index in [2.05, 4.69) is 29.2 Å². The molecule has 7 rings (SSSR count). The molecule has 0 N–H and O–H groups in total. The smallest absolute Gasteiger partial charge is 0.363 e. The molecule has 0 amide bonds. The summed E-state index contributed by atoms with van der Waals surface area (Å²) in [5.74, 6) is 1.88. The van der Waals surface area contributed by atoms with Gasteiger partial charge in [-0.25, -0.2) is 4.79 Å². The van der Waals surface area contributed by atoms with Gasteiger partial charge in [0.15, 0.2) is 11.5 Å². The fourth-order valence-electron chi connectivity index (χ4n) is 6.27. The van der Waals surface area contributed by atoms with Crippen molar-refractivity contribution in [2.24, 2.45) is 0 Å². The van der Waals surface area contributed by atoms with Crippen molar-refractivity contribution in [3.63, 3.8) is 0 Å². The summed E-state index contributed by atoms with van der Waals surface area (Å²) in [6.45, 7) is 2.02. The lowest BCUT2D eigenvalue weighted by atomic mass is 9.85. The molecule has 7 heteroatoms. The molecule has 42 heavy (non-hydrogen) atoms. The van der Waals surface area contributed by atoms with Gasteiger partial charge in [0, 0.05) is 24.5 Å². The maximum absolute atomic E-state index is 13.2. The Hall–Kier alpha value is -4.75. The quantitative estimate of drug-likeness (QED) is 0.238. The third-order valence-electron chi connectivity index (χ3n) is 8.41. The molecule has 1 unspecified atom stereocenters. The van der Waals surface area contributed by atoms with Crippen LogP contribution in [0.1, 0.15) is 44.3 Å². The van der Waals surface area contributed by atoms with Gasteiger partial charge in [-0.05, 0) is 77.6 Å². The van der Waals surface area contributed by atoms with Crippen molar-refractivity contribution in [3.8, 4) is 17.2 Å². The summed E-state index contributed by atoms with van der Waals surface area (Å²) in [7, 11) is 3.36. The minimum Gasteiger partial charge on any atom is -0.497 e. The van der Waals surface area contributed by atoms with Crippen molar-refractivity contribution in [2.45, 2.75) is 32.0 Å². The Balaban J connectivity index is 1.27. The van der Waals surface area contributed by atoms with Crippen LogP contribution in [0, 0.1) is 0 Å². The van der Waals surface area contributed by atoms with Crippen LogP contribution in [0.4, 0.5) is 0 Å². The topological polar surface area (TPSA) is 62.2 Å². The molecular formula is C35H32N2O5. The van der Waals surface area contributed by atoms with E-state index in [-0.39, 0.29) is 12.0 Å². The summed E-state index contributed by atoms with van der Waals surface area (Å²) >= 11 is 0. The zero-order valence-corrected chi connectivity index (χ0v) is 23.7. The van der Waals surface area contributed by atoms with E-state index in [1.807, 2.05) is 54.6 Å². The minimum atomic E-state index is -0.385. The van der Waals surface area contributed by atoms with Crippen LogP contribution in [0.3, 0.4) is 0 Å². The molecule has 212 valence electrons. The Morgan fingerprint density at radius 3 is 2.43 bits per heavy atom. The Morgan fingerprint density at radius 2 is 1.67 bits per heavy atom. The van der Waals surface area contributed by atoms with Gasteiger partial charge in [-0.3, -0.25) is 4.90 Å². The van der Waals surface area contributed by atoms with E-state index < -0.39 is 0 Å². The van der Waals surface area contributed by atoms with Crippen molar-refractivity contribution < 1.29 is 23.8 Å². The number of carbonyl (C=O) groups is 1. The van der Waals surface area contributed by atoms with Gasteiger partial charge >= 0.3 is 5.97 Å². The maximum atomic E-state index is 13.2. The van der Waals surface area contributed by atoms with Crippen molar-refractivity contribution in [1.29, 1.82) is 0 Å². The van der Waals surface area contributed by atoms with E-state index in [9.17, 15) is 4.79 Å². The molecule has 0 saturated carbocycles. The minimum absolute atomic E-state index is 0.154. The number of fused-ring (bicyclic) bond motifs is 6. The second-order valence-corrected chi connectivity index (χ2v) is 10.8. The second-order valence-electron chi connectivity index (χ2n) is 10.8. The number of aromatic nitrogens is 1. The number of nitrogens with zero attached hydrogens (tertiary/aromatic N) is 2. The molecule has 0 saturated heterocycles. The molecule has 1 aromatic heterocycles. The van der Waals surface area contributed by atoms with E-state index in [0.717, 1.165) is 58.8 Å². The molecule has 7 nitrogen and oxygen atoms in total. The first-order valence-corrected chi connectivity index (χ1v) is 14.2. The number of methoxy groups -OCH3 is 2. The molecular weight excluding hydrogens is 528 g/mol. The van der Waals surface area contributed by atoms with Crippen LogP contribution < -0.4 is 19.0 Å². The predicted octanol–water partition coefficient (Wildman–Crippen LogP) is 6.16. The highest BCUT2D eigenvalue weighted by Crippen LogP contribution is 2.45. The lowest BCUT2D eigenvalue weighted by molar-refractivity contribution is 0.0440. The Labute approximate surface area is 244 Å². The molecule has 2 aliphatic rings. The molecule has 0 radical (unpaired) electrons. The number of ether oxygens (including phenoxy) is 3. The van der Waals surface area contributed by atoms with Crippen LogP contribution in [0.25, 0.3) is 10.9 Å². The van der Waals surface area contributed by atoms with Crippen LogP contribution in [0.2, 0.25) is 0 Å². The maximum Gasteiger partial charge on any atom is 0.363 e. The second kappa shape index (κ2) is 10.9. The van der Waals surface area contributed by atoms with E-state index in [4.69, 9.17) is 19.0 Å². The highest BCUT2D eigenvalue weighted by Gasteiger charge is 2.37. The first kappa shape index (κ1) is 26.2. The van der Waals surface area contributed by atoms with Gasteiger partial charge in [0.1, 0.15) is 12.4 Å². The molecule has 0 bridgehead atoms. The largest absolute Gasteiger partial charge is 0.497 e. The van der Waals surface area contributed by atoms with Gasteiger partial charge in [0.2, 0.25) is 0 Å². The van der Waals surface area contributed by atoms with Gasteiger partial charge < -0.3 is 19.0 Å². The van der Waals surface area contributed by atoms with Gasteiger partial charge in [0.05, 0.1) is 31.0 Å². The molecule has 3 heterocycles. The zero-order chi connectivity index (χ0) is 28.6. The molecule has 0 spiro atoms. The lowest BCUT2D eigenvalue weighted by Crippen LogP contribution is -2.40. The average Bonchev–Trinajstić information content (AvgIpc) is 3.34.